The van der Waals surface area contributed by atoms with E-state index in [4.69, 9.17) is 0 Å². The molecule has 6 nitrogen and oxygen atoms in total. The van der Waals surface area contributed by atoms with Crippen LogP contribution in [0.15, 0.2) is 46.9 Å². The molecule has 3 amide bonds. The molecule has 0 unspecified atom stereocenters. The third kappa shape index (κ3) is 5.49. The number of nitrogens with zero attached hydrogens (tertiary/aromatic N) is 1. The molecule has 0 fully saturated rings. The maximum atomic E-state index is 12.4. The van der Waals surface area contributed by atoms with Crippen LogP contribution in [0.3, 0.4) is 0 Å². The molecule has 0 spiro atoms. The van der Waals surface area contributed by atoms with E-state index in [1.54, 1.807) is 24.3 Å². The van der Waals surface area contributed by atoms with E-state index in [2.05, 4.69) is 31.9 Å². The molecule has 138 valence electrons. The number of anilines is 3. The normalized spacial score (nSPS) is 10.2. The third-order valence-electron chi connectivity index (χ3n) is 3.60. The van der Waals surface area contributed by atoms with Gasteiger partial charge in [-0.25, -0.2) is 4.79 Å². The summed E-state index contributed by atoms with van der Waals surface area (Å²) in [7, 11) is 3.75. The molecule has 7 heteroatoms. The van der Waals surface area contributed by atoms with Gasteiger partial charge in [-0.05, 0) is 42.8 Å². The molecule has 2 rings (SSSR count). The highest BCUT2D eigenvalue weighted by Gasteiger charge is 2.14. The van der Waals surface area contributed by atoms with Gasteiger partial charge in [-0.15, -0.1) is 0 Å². The summed E-state index contributed by atoms with van der Waals surface area (Å²) >= 11 is 3.37. The predicted molar refractivity (Wildman–Crippen MR) is 110 cm³/mol. The zero-order chi connectivity index (χ0) is 19.1. The summed E-state index contributed by atoms with van der Waals surface area (Å²) in [5, 5.41) is 8.40. The number of carbonyl (C=O) groups excluding carboxylic acids is 2. The van der Waals surface area contributed by atoms with E-state index in [9.17, 15) is 9.59 Å². The van der Waals surface area contributed by atoms with Crippen LogP contribution in [0.1, 0.15) is 23.7 Å². The number of urea groups is 1. The molecule has 0 aromatic heterocycles. The molecular formula is C19H23BrN4O2. The number of rotatable bonds is 6. The van der Waals surface area contributed by atoms with Gasteiger partial charge in [0.1, 0.15) is 0 Å². The first-order chi connectivity index (χ1) is 12.4. The first-order valence-electron chi connectivity index (χ1n) is 8.34. The van der Waals surface area contributed by atoms with Crippen LogP contribution in [0.5, 0.6) is 0 Å². The van der Waals surface area contributed by atoms with E-state index in [1.165, 1.54) is 0 Å². The van der Waals surface area contributed by atoms with Crippen molar-refractivity contribution in [3.8, 4) is 0 Å². The maximum Gasteiger partial charge on any atom is 0.323 e. The second-order valence-corrected chi connectivity index (χ2v) is 6.89. The van der Waals surface area contributed by atoms with E-state index in [0.717, 1.165) is 16.6 Å². The molecule has 0 aliphatic rings. The summed E-state index contributed by atoms with van der Waals surface area (Å²) in [5.74, 6) is -0.161. The summed E-state index contributed by atoms with van der Waals surface area (Å²) in [6.45, 7) is 2.60. The molecule has 0 aliphatic heterocycles. The van der Waals surface area contributed by atoms with Gasteiger partial charge in [0, 0.05) is 42.2 Å². The minimum atomic E-state index is -0.374. The Kier molecular flexibility index (Phi) is 7.03. The average molecular weight is 419 g/mol. The Balaban J connectivity index is 2.16. The van der Waals surface area contributed by atoms with Crippen molar-refractivity contribution in [2.75, 3.05) is 36.2 Å². The summed E-state index contributed by atoms with van der Waals surface area (Å²) < 4.78 is 0.875. The average Bonchev–Trinajstić information content (AvgIpc) is 2.59. The Labute approximate surface area is 162 Å². The lowest BCUT2D eigenvalue weighted by Crippen LogP contribution is -2.27. The van der Waals surface area contributed by atoms with Gasteiger partial charge in [0.15, 0.2) is 0 Å². The Morgan fingerprint density at radius 1 is 1.04 bits per heavy atom. The Hall–Kier alpha value is -2.54. The van der Waals surface area contributed by atoms with Crippen LogP contribution >= 0.6 is 15.9 Å². The van der Waals surface area contributed by atoms with Crippen LogP contribution in [0.2, 0.25) is 0 Å². The van der Waals surface area contributed by atoms with Crippen molar-refractivity contribution in [3.63, 3.8) is 0 Å². The minimum absolute atomic E-state index is 0.161. The van der Waals surface area contributed by atoms with Gasteiger partial charge >= 0.3 is 6.03 Å². The zero-order valence-corrected chi connectivity index (χ0v) is 16.7. The van der Waals surface area contributed by atoms with E-state index in [1.807, 2.05) is 44.1 Å². The molecule has 2 aromatic carbocycles. The van der Waals surface area contributed by atoms with Crippen molar-refractivity contribution >= 4 is 44.9 Å². The highest BCUT2D eigenvalue weighted by molar-refractivity contribution is 9.10. The van der Waals surface area contributed by atoms with E-state index in [-0.39, 0.29) is 11.9 Å². The van der Waals surface area contributed by atoms with Gasteiger partial charge in [0.2, 0.25) is 0 Å². The largest absolute Gasteiger partial charge is 0.377 e. The zero-order valence-electron chi connectivity index (χ0n) is 15.1. The summed E-state index contributed by atoms with van der Waals surface area (Å²) in [6, 6.07) is 12.2. The number of halogens is 1. The number of hydrogen-bond acceptors (Lipinski definition) is 3. The van der Waals surface area contributed by atoms with Gasteiger partial charge in [-0.1, -0.05) is 28.9 Å². The first kappa shape index (κ1) is 19.8. The van der Waals surface area contributed by atoms with Crippen molar-refractivity contribution in [3.05, 3.63) is 52.5 Å². The smallest absolute Gasteiger partial charge is 0.323 e. The number of carbonyl (C=O) groups is 2. The second-order valence-electron chi connectivity index (χ2n) is 5.97. The molecule has 0 atom stereocenters. The quantitative estimate of drug-likeness (QED) is 0.654. The number of nitrogens with one attached hydrogen (secondary N) is 3. The molecule has 0 heterocycles. The number of hydrogen-bond donors (Lipinski definition) is 3. The van der Waals surface area contributed by atoms with E-state index < -0.39 is 0 Å². The van der Waals surface area contributed by atoms with Crippen LogP contribution in [-0.4, -0.2) is 32.6 Å². The van der Waals surface area contributed by atoms with Crippen molar-refractivity contribution in [1.29, 1.82) is 0 Å². The van der Waals surface area contributed by atoms with Gasteiger partial charge in [-0.3, -0.25) is 4.79 Å². The van der Waals surface area contributed by atoms with Crippen molar-refractivity contribution < 1.29 is 9.59 Å². The highest BCUT2D eigenvalue weighted by atomic mass is 79.9. The van der Waals surface area contributed by atoms with Crippen LogP contribution in [0.25, 0.3) is 0 Å². The highest BCUT2D eigenvalue weighted by Crippen LogP contribution is 2.23. The van der Waals surface area contributed by atoms with E-state index >= 15 is 0 Å². The lowest BCUT2D eigenvalue weighted by atomic mass is 10.1. The summed E-state index contributed by atoms with van der Waals surface area (Å²) in [6.07, 6.45) is 0.857. The van der Waals surface area contributed by atoms with Gasteiger partial charge in [0.05, 0.1) is 5.56 Å². The molecule has 0 saturated heterocycles. The topological polar surface area (TPSA) is 73.5 Å². The lowest BCUT2D eigenvalue weighted by Gasteiger charge is -2.18. The molecule has 26 heavy (non-hydrogen) atoms. The fourth-order valence-electron chi connectivity index (χ4n) is 2.38. The first-order valence-corrected chi connectivity index (χ1v) is 9.13. The van der Waals surface area contributed by atoms with Gasteiger partial charge < -0.3 is 20.9 Å². The van der Waals surface area contributed by atoms with Crippen LogP contribution < -0.4 is 20.9 Å². The molecule has 0 aliphatic carbocycles. The minimum Gasteiger partial charge on any atom is -0.377 e. The fraction of sp³-hybridized carbons (Fsp3) is 0.263. The monoisotopic (exact) mass is 418 g/mol. The van der Waals surface area contributed by atoms with Crippen LogP contribution in [-0.2, 0) is 0 Å². The molecule has 0 bridgehead atoms. The van der Waals surface area contributed by atoms with Gasteiger partial charge in [-0.2, -0.15) is 0 Å². The third-order valence-corrected chi connectivity index (χ3v) is 4.09. The SMILES string of the molecule is CCCNC(=O)c1cc(NC(=O)Nc2cccc(Br)c2)ccc1N(C)C. The second kappa shape index (κ2) is 9.24. The standard InChI is InChI=1S/C19H23BrN4O2/c1-4-10-21-18(25)16-12-15(8-9-17(16)24(2)3)23-19(26)22-14-7-5-6-13(20)11-14/h5-9,11-12H,4,10H2,1-3H3,(H,21,25)(H2,22,23,26). The molecule has 2 aromatic rings. The fourth-order valence-corrected chi connectivity index (χ4v) is 2.78. The van der Waals surface area contributed by atoms with Crippen LogP contribution in [0.4, 0.5) is 21.9 Å². The molecular weight excluding hydrogens is 396 g/mol. The Morgan fingerprint density at radius 2 is 1.73 bits per heavy atom. The van der Waals surface area contributed by atoms with E-state index in [0.29, 0.717) is 23.5 Å². The molecule has 0 saturated carbocycles. The Morgan fingerprint density at radius 3 is 2.35 bits per heavy atom. The molecule has 3 N–H and O–H groups in total. The van der Waals surface area contributed by atoms with Gasteiger partial charge in [0.25, 0.3) is 5.91 Å². The number of amides is 3. The maximum absolute atomic E-state index is 12.4. The van der Waals surface area contributed by atoms with Crippen molar-refractivity contribution in [2.24, 2.45) is 0 Å². The van der Waals surface area contributed by atoms with Crippen molar-refractivity contribution in [2.45, 2.75) is 13.3 Å². The van der Waals surface area contributed by atoms with Crippen molar-refractivity contribution in [1.82, 2.24) is 5.32 Å². The van der Waals surface area contributed by atoms with Crippen LogP contribution in [0, 0.1) is 0 Å². The lowest BCUT2D eigenvalue weighted by molar-refractivity contribution is 0.0954. The molecule has 0 radical (unpaired) electrons. The predicted octanol–water partition coefficient (Wildman–Crippen LogP) is 4.30. The summed E-state index contributed by atoms with van der Waals surface area (Å²) in [4.78, 5) is 26.5. The number of benzene rings is 2. The summed E-state index contributed by atoms with van der Waals surface area (Å²) in [5.41, 5.74) is 2.52. The Bertz CT molecular complexity index is 793.